The molecule has 7 heteroatoms. The van der Waals surface area contributed by atoms with E-state index in [0.29, 0.717) is 0 Å². The summed E-state index contributed by atoms with van der Waals surface area (Å²) >= 11 is 0. The third-order valence-electron chi connectivity index (χ3n) is 1.03. The van der Waals surface area contributed by atoms with E-state index in [4.69, 9.17) is 0 Å². The van der Waals surface area contributed by atoms with Gasteiger partial charge in [-0.2, -0.15) is 8.42 Å². The Morgan fingerprint density at radius 2 is 2.00 bits per heavy atom. The first kappa shape index (κ1) is 14.1. The van der Waals surface area contributed by atoms with E-state index in [1.54, 1.807) is 13.8 Å². The minimum Gasteiger partial charge on any atom is -0.460 e. The Labute approximate surface area is 89.1 Å². The van der Waals surface area contributed by atoms with Crippen LogP contribution in [0.4, 0.5) is 0 Å². The molecule has 88 valence electrons. The van der Waals surface area contributed by atoms with E-state index in [-0.39, 0.29) is 13.2 Å². The molecule has 0 aromatic carbocycles. The van der Waals surface area contributed by atoms with Crippen molar-refractivity contribution in [1.82, 2.24) is 0 Å². The zero-order valence-corrected chi connectivity index (χ0v) is 9.45. The van der Waals surface area contributed by atoms with Crippen molar-refractivity contribution in [3.63, 3.8) is 0 Å². The molecule has 0 aliphatic heterocycles. The lowest BCUT2D eigenvalue weighted by Gasteiger charge is -2.07. The first-order valence-electron chi connectivity index (χ1n) is 4.24. The van der Waals surface area contributed by atoms with Crippen LogP contribution < -0.4 is 0 Å². The van der Waals surface area contributed by atoms with Crippen LogP contribution in [-0.4, -0.2) is 33.7 Å². The van der Waals surface area contributed by atoms with Gasteiger partial charge >= 0.3 is 16.4 Å². The first-order chi connectivity index (χ1) is 6.87. The first-order valence-corrected chi connectivity index (χ1v) is 5.57. The molecule has 0 bridgehead atoms. The predicted octanol–water partition coefficient (Wildman–Crippen LogP) is 0.402. The molecule has 0 aliphatic rings. The zero-order valence-electron chi connectivity index (χ0n) is 8.63. The van der Waals surface area contributed by atoms with Crippen LogP contribution in [0.1, 0.15) is 13.8 Å². The monoisotopic (exact) mass is 238 g/mol. The van der Waals surface area contributed by atoms with Crippen molar-refractivity contribution in [2.45, 2.75) is 20.0 Å². The zero-order chi connectivity index (χ0) is 11.9. The molecule has 0 spiro atoms. The molecule has 0 unspecified atom stereocenters. The smallest absolute Gasteiger partial charge is 0.400 e. The third kappa shape index (κ3) is 8.10. The molecule has 0 saturated heterocycles. The van der Waals surface area contributed by atoms with Crippen LogP contribution in [0.2, 0.25) is 0 Å². The Morgan fingerprint density at radius 3 is 2.47 bits per heavy atom. The highest BCUT2D eigenvalue weighted by Gasteiger charge is 2.13. The quantitative estimate of drug-likeness (QED) is 0.363. The molecule has 0 fully saturated rings. The number of carbonyl (C=O) groups excluding carboxylic acids is 1. The molecular weight excluding hydrogens is 224 g/mol. The SMILES string of the molecule is C=CC(=O)OCCOS(=O)(=O)OC(C)C. The van der Waals surface area contributed by atoms with Gasteiger partial charge in [-0.25, -0.2) is 13.2 Å². The highest BCUT2D eigenvalue weighted by atomic mass is 32.3. The van der Waals surface area contributed by atoms with Crippen LogP contribution in [-0.2, 0) is 28.3 Å². The highest BCUT2D eigenvalue weighted by Crippen LogP contribution is 2.00. The Morgan fingerprint density at radius 1 is 1.40 bits per heavy atom. The molecule has 0 aromatic rings. The van der Waals surface area contributed by atoms with Crippen LogP contribution in [0, 0.1) is 0 Å². The van der Waals surface area contributed by atoms with Crippen molar-refractivity contribution in [3.8, 4) is 0 Å². The topological polar surface area (TPSA) is 78.9 Å². The molecule has 0 rings (SSSR count). The molecule has 0 aliphatic carbocycles. The van der Waals surface area contributed by atoms with Crippen molar-refractivity contribution in [1.29, 1.82) is 0 Å². The van der Waals surface area contributed by atoms with E-state index < -0.39 is 22.5 Å². The maximum atomic E-state index is 11.0. The fourth-order valence-corrected chi connectivity index (χ4v) is 1.40. The summed E-state index contributed by atoms with van der Waals surface area (Å²) < 4.78 is 35.2. The van der Waals surface area contributed by atoms with E-state index in [9.17, 15) is 13.2 Å². The maximum absolute atomic E-state index is 11.0. The molecule has 0 amide bonds. The molecule has 0 N–H and O–H groups in total. The summed E-state index contributed by atoms with van der Waals surface area (Å²) in [5.74, 6) is -0.638. The standard InChI is InChI=1S/C8H14O6S/c1-4-8(9)12-5-6-13-15(10,11)14-7(2)3/h4,7H,1,5-6H2,2-3H3. The van der Waals surface area contributed by atoms with Gasteiger partial charge in [0.05, 0.1) is 6.10 Å². The van der Waals surface area contributed by atoms with Gasteiger partial charge in [-0.1, -0.05) is 6.58 Å². The van der Waals surface area contributed by atoms with Gasteiger partial charge in [-0.05, 0) is 13.8 Å². The number of esters is 1. The molecule has 0 heterocycles. The lowest BCUT2D eigenvalue weighted by Crippen LogP contribution is -2.18. The Hall–Kier alpha value is -0.920. The van der Waals surface area contributed by atoms with Crippen LogP contribution >= 0.6 is 0 Å². The summed E-state index contributed by atoms with van der Waals surface area (Å²) in [7, 11) is -4.00. The minimum atomic E-state index is -4.00. The van der Waals surface area contributed by atoms with Gasteiger partial charge in [0.2, 0.25) is 0 Å². The predicted molar refractivity (Wildman–Crippen MR) is 52.2 cm³/mol. The van der Waals surface area contributed by atoms with Crippen molar-refractivity contribution < 1.29 is 26.3 Å². The fraction of sp³-hybridized carbons (Fsp3) is 0.625. The molecule has 0 aromatic heterocycles. The number of hydrogen-bond acceptors (Lipinski definition) is 6. The highest BCUT2D eigenvalue weighted by molar-refractivity contribution is 7.81. The van der Waals surface area contributed by atoms with E-state index in [1.807, 2.05) is 0 Å². The molecule has 0 radical (unpaired) electrons. The lowest BCUT2D eigenvalue weighted by atomic mass is 10.5. The number of carbonyl (C=O) groups is 1. The van der Waals surface area contributed by atoms with Crippen LogP contribution in [0.3, 0.4) is 0 Å². The van der Waals surface area contributed by atoms with Gasteiger partial charge in [-0.3, -0.25) is 0 Å². The van der Waals surface area contributed by atoms with Gasteiger partial charge in [0, 0.05) is 6.08 Å². The summed E-state index contributed by atoms with van der Waals surface area (Å²) in [5, 5.41) is 0. The number of ether oxygens (including phenoxy) is 1. The van der Waals surface area contributed by atoms with Gasteiger partial charge in [0.15, 0.2) is 0 Å². The molecular formula is C8H14O6S. The number of hydrogen-bond donors (Lipinski definition) is 0. The summed E-state index contributed by atoms with van der Waals surface area (Å²) in [6.07, 6.45) is 0.477. The van der Waals surface area contributed by atoms with Crippen molar-refractivity contribution in [2.75, 3.05) is 13.2 Å². The number of rotatable bonds is 7. The van der Waals surface area contributed by atoms with Gasteiger partial charge in [-0.15, -0.1) is 0 Å². The minimum absolute atomic E-state index is 0.175. The third-order valence-corrected chi connectivity index (χ3v) is 2.11. The van der Waals surface area contributed by atoms with Crippen molar-refractivity contribution in [3.05, 3.63) is 12.7 Å². The summed E-state index contributed by atoms with van der Waals surface area (Å²) in [5.41, 5.74) is 0. The van der Waals surface area contributed by atoms with E-state index >= 15 is 0 Å². The van der Waals surface area contributed by atoms with Gasteiger partial charge in [0.25, 0.3) is 0 Å². The average molecular weight is 238 g/mol. The lowest BCUT2D eigenvalue weighted by molar-refractivity contribution is -0.138. The molecule has 0 saturated carbocycles. The van der Waals surface area contributed by atoms with E-state index in [2.05, 4.69) is 19.7 Å². The largest absolute Gasteiger partial charge is 0.460 e. The second-order valence-electron chi connectivity index (χ2n) is 2.75. The fourth-order valence-electron chi connectivity index (χ4n) is 0.601. The summed E-state index contributed by atoms with van der Waals surface area (Å²) in [6.45, 7) is 5.82. The summed E-state index contributed by atoms with van der Waals surface area (Å²) in [4.78, 5) is 10.5. The summed E-state index contributed by atoms with van der Waals surface area (Å²) in [6, 6.07) is 0. The van der Waals surface area contributed by atoms with Crippen LogP contribution in [0.5, 0.6) is 0 Å². The Bertz CT molecular complexity index is 305. The maximum Gasteiger partial charge on any atom is 0.400 e. The molecule has 0 atom stereocenters. The van der Waals surface area contributed by atoms with Crippen LogP contribution in [0.25, 0.3) is 0 Å². The average Bonchev–Trinajstić information content (AvgIpc) is 2.10. The Balaban J connectivity index is 3.76. The van der Waals surface area contributed by atoms with E-state index in [0.717, 1.165) is 6.08 Å². The van der Waals surface area contributed by atoms with Crippen molar-refractivity contribution in [2.24, 2.45) is 0 Å². The van der Waals surface area contributed by atoms with Crippen molar-refractivity contribution >= 4 is 16.4 Å². The van der Waals surface area contributed by atoms with Crippen LogP contribution in [0.15, 0.2) is 12.7 Å². The second kappa shape index (κ2) is 6.54. The van der Waals surface area contributed by atoms with Gasteiger partial charge in [0.1, 0.15) is 13.2 Å². The molecule has 6 nitrogen and oxygen atoms in total. The molecule has 15 heavy (non-hydrogen) atoms. The van der Waals surface area contributed by atoms with Gasteiger partial charge < -0.3 is 4.74 Å². The van der Waals surface area contributed by atoms with E-state index in [1.165, 1.54) is 0 Å². The second-order valence-corrected chi connectivity index (χ2v) is 3.99. The Kier molecular flexibility index (Phi) is 6.14. The normalized spacial score (nSPS) is 11.4.